The smallest absolute Gasteiger partial charge is 0.167 e. The molecule has 0 aliphatic carbocycles. The van der Waals surface area contributed by atoms with Gasteiger partial charge in [0.1, 0.15) is 0 Å². The third-order valence-electron chi connectivity index (χ3n) is 4.51. The summed E-state index contributed by atoms with van der Waals surface area (Å²) < 4.78 is 17.9. The quantitative estimate of drug-likeness (QED) is 0.553. The Hall–Kier alpha value is -2.24. The monoisotopic (exact) mass is 386 g/mol. The van der Waals surface area contributed by atoms with Crippen molar-refractivity contribution >= 4 is 16.6 Å². The first-order valence-electron chi connectivity index (χ1n) is 8.83. The lowest BCUT2D eigenvalue weighted by Gasteiger charge is -2.19. The number of aryl methyl sites for hydroxylation is 1. The van der Waals surface area contributed by atoms with Gasteiger partial charge in [-0.2, -0.15) is 0 Å². The van der Waals surface area contributed by atoms with Gasteiger partial charge in [0, 0.05) is 27.7 Å². The Morgan fingerprint density at radius 2 is 1.81 bits per heavy atom. The van der Waals surface area contributed by atoms with Crippen molar-refractivity contribution in [3.63, 3.8) is 0 Å². The number of aliphatic hydroxyl groups excluding tert-OH is 1. The molecule has 0 spiro atoms. The molecule has 0 fully saturated rings. The molecule has 0 saturated carbocycles. The number of carbonyl (C=O) groups is 1. The summed E-state index contributed by atoms with van der Waals surface area (Å²) in [6.07, 6.45) is 0.751. The van der Waals surface area contributed by atoms with E-state index >= 15 is 0 Å². The van der Waals surface area contributed by atoms with Crippen LogP contribution >= 0.6 is 0 Å². The van der Waals surface area contributed by atoms with Gasteiger partial charge in [-0.15, -0.1) is 0 Å². The second-order valence-corrected chi connectivity index (χ2v) is 8.10. The van der Waals surface area contributed by atoms with E-state index in [0.717, 1.165) is 11.1 Å². The molecule has 0 bridgehead atoms. The van der Waals surface area contributed by atoms with Gasteiger partial charge in [-0.05, 0) is 37.6 Å². The van der Waals surface area contributed by atoms with Gasteiger partial charge in [0.15, 0.2) is 5.78 Å². The van der Waals surface area contributed by atoms with E-state index in [2.05, 4.69) is 0 Å². The van der Waals surface area contributed by atoms with E-state index in [4.69, 9.17) is 4.74 Å². The average molecular weight is 387 g/mol. The number of allylic oxidation sites excluding steroid dienone is 1. The van der Waals surface area contributed by atoms with Crippen LogP contribution < -0.4 is 0 Å². The number of carbonyl (C=O) groups excluding carboxylic acids is 1. The first-order chi connectivity index (χ1) is 12.8. The molecule has 5 heteroatoms. The van der Waals surface area contributed by atoms with Gasteiger partial charge in [0.2, 0.25) is 0 Å². The van der Waals surface area contributed by atoms with E-state index in [0.29, 0.717) is 15.4 Å². The van der Waals surface area contributed by atoms with Gasteiger partial charge in [-0.1, -0.05) is 42.8 Å². The predicted molar refractivity (Wildman–Crippen MR) is 107 cm³/mol. The molecule has 0 saturated heterocycles. The molecule has 0 amide bonds. The van der Waals surface area contributed by atoms with Gasteiger partial charge in [0.25, 0.3) is 0 Å². The van der Waals surface area contributed by atoms with Crippen molar-refractivity contribution in [2.75, 3.05) is 7.11 Å². The zero-order valence-corrected chi connectivity index (χ0v) is 17.0. The van der Waals surface area contributed by atoms with Crippen LogP contribution in [0.5, 0.6) is 0 Å². The van der Waals surface area contributed by atoms with Crippen molar-refractivity contribution in [1.82, 2.24) is 0 Å². The lowest BCUT2D eigenvalue weighted by molar-refractivity contribution is -0.121. The summed E-state index contributed by atoms with van der Waals surface area (Å²) in [4.78, 5) is 13.7. The van der Waals surface area contributed by atoms with Gasteiger partial charge in [0.05, 0.1) is 30.3 Å². The molecule has 27 heavy (non-hydrogen) atoms. The highest BCUT2D eigenvalue weighted by Gasteiger charge is 2.25. The van der Waals surface area contributed by atoms with Crippen molar-refractivity contribution in [2.24, 2.45) is 5.92 Å². The Morgan fingerprint density at radius 3 is 2.44 bits per heavy atom. The number of benzene rings is 2. The molecule has 0 aromatic heterocycles. The fourth-order valence-electron chi connectivity index (χ4n) is 2.81. The molecular formula is C22H26O4S. The highest BCUT2D eigenvalue weighted by atomic mass is 32.2. The van der Waals surface area contributed by atoms with E-state index in [1.54, 1.807) is 19.9 Å². The number of rotatable bonds is 8. The van der Waals surface area contributed by atoms with E-state index in [1.165, 1.54) is 13.4 Å². The van der Waals surface area contributed by atoms with E-state index in [-0.39, 0.29) is 12.2 Å². The second-order valence-electron chi connectivity index (χ2n) is 6.65. The molecule has 0 aliphatic rings. The molecule has 2 aromatic carbocycles. The Kier molecular flexibility index (Phi) is 7.51. The highest BCUT2D eigenvalue weighted by molar-refractivity contribution is 7.85. The van der Waals surface area contributed by atoms with Crippen molar-refractivity contribution in [1.29, 1.82) is 0 Å². The number of Topliss-reactive ketones (excluding diaryl/α,β-unsaturated/α-hetero) is 1. The largest absolute Gasteiger partial charge is 0.504 e. The molecule has 0 aliphatic heterocycles. The Morgan fingerprint density at radius 1 is 1.19 bits per heavy atom. The van der Waals surface area contributed by atoms with Crippen molar-refractivity contribution in [3.8, 4) is 0 Å². The summed E-state index contributed by atoms with van der Waals surface area (Å²) >= 11 is 0. The minimum atomic E-state index is -1.35. The molecule has 0 unspecified atom stereocenters. The zero-order valence-electron chi connectivity index (χ0n) is 16.1. The standard InChI is InChI=1S/C22H26O4S/c1-15-9-11-19(12-10-15)27(25)21-8-6-5-7-18(21)13-20(23)17(3)22(24)16(2)14-26-4/h5-12,14,17,20,23H,13H2,1-4H3/b16-14+/t17-,20-,27+/m1/s1. The van der Waals surface area contributed by atoms with Gasteiger partial charge >= 0.3 is 0 Å². The summed E-state index contributed by atoms with van der Waals surface area (Å²) in [5.41, 5.74) is 2.34. The third kappa shape index (κ3) is 5.37. The Bertz CT molecular complexity index is 840. The maximum atomic E-state index is 13.0. The van der Waals surface area contributed by atoms with Crippen LogP contribution in [-0.4, -0.2) is 28.3 Å². The molecule has 2 aromatic rings. The van der Waals surface area contributed by atoms with Crippen molar-refractivity contribution < 1.29 is 18.8 Å². The molecule has 2 rings (SSSR count). The van der Waals surface area contributed by atoms with Crippen LogP contribution in [0, 0.1) is 12.8 Å². The van der Waals surface area contributed by atoms with Crippen LogP contribution in [0.3, 0.4) is 0 Å². The summed E-state index contributed by atoms with van der Waals surface area (Å²) in [5.74, 6) is -0.751. The maximum absolute atomic E-state index is 13.0. The first-order valence-corrected chi connectivity index (χ1v) is 9.98. The van der Waals surface area contributed by atoms with Crippen LogP contribution in [-0.2, 0) is 26.8 Å². The fraction of sp³-hybridized carbons (Fsp3) is 0.318. The number of hydrogen-bond acceptors (Lipinski definition) is 4. The lowest BCUT2D eigenvalue weighted by atomic mass is 9.91. The van der Waals surface area contributed by atoms with Crippen LogP contribution in [0.2, 0.25) is 0 Å². The minimum absolute atomic E-state index is 0.165. The van der Waals surface area contributed by atoms with Crippen LogP contribution in [0.15, 0.2) is 70.2 Å². The normalized spacial score (nSPS) is 15.1. The topological polar surface area (TPSA) is 63.6 Å². The third-order valence-corrected chi connectivity index (χ3v) is 6.01. The van der Waals surface area contributed by atoms with Gasteiger partial charge < -0.3 is 9.84 Å². The number of aliphatic hydroxyl groups is 1. The van der Waals surface area contributed by atoms with E-state index in [1.807, 2.05) is 49.4 Å². The summed E-state index contributed by atoms with van der Waals surface area (Å²) in [6, 6.07) is 14.9. The number of hydrogen-bond donors (Lipinski definition) is 1. The molecule has 144 valence electrons. The molecule has 1 N–H and O–H groups in total. The SMILES string of the molecule is CO/C=C(\C)C(=O)[C@H](C)[C@H](O)Cc1ccccc1[S@@](=O)c1ccc(C)cc1. The second kappa shape index (κ2) is 9.62. The summed E-state index contributed by atoms with van der Waals surface area (Å²) in [5, 5.41) is 10.6. The predicted octanol–water partition coefficient (Wildman–Crippen LogP) is 3.82. The fourth-order valence-corrected chi connectivity index (χ4v) is 4.04. The van der Waals surface area contributed by atoms with Crippen LogP contribution in [0.25, 0.3) is 0 Å². The lowest BCUT2D eigenvalue weighted by Crippen LogP contribution is -2.28. The molecule has 0 heterocycles. The summed E-state index contributed by atoms with van der Waals surface area (Å²) in [6.45, 7) is 5.34. The maximum Gasteiger partial charge on any atom is 0.167 e. The van der Waals surface area contributed by atoms with Crippen molar-refractivity contribution in [2.45, 2.75) is 43.1 Å². The molecule has 4 nitrogen and oxygen atoms in total. The Labute approximate surface area is 163 Å². The van der Waals surface area contributed by atoms with Crippen molar-refractivity contribution in [3.05, 3.63) is 71.5 Å². The van der Waals surface area contributed by atoms with Gasteiger partial charge in [-0.25, -0.2) is 4.21 Å². The highest BCUT2D eigenvalue weighted by Crippen LogP contribution is 2.24. The number of methoxy groups -OCH3 is 1. The number of ketones is 1. The van der Waals surface area contributed by atoms with Crippen LogP contribution in [0.4, 0.5) is 0 Å². The Balaban J connectivity index is 2.22. The average Bonchev–Trinajstić information content (AvgIpc) is 2.67. The zero-order chi connectivity index (χ0) is 20.0. The molecule has 3 atom stereocenters. The summed E-state index contributed by atoms with van der Waals surface area (Å²) in [7, 11) is 0.134. The number of ether oxygens (including phenoxy) is 1. The van der Waals surface area contributed by atoms with Crippen LogP contribution in [0.1, 0.15) is 25.0 Å². The van der Waals surface area contributed by atoms with E-state index < -0.39 is 22.8 Å². The molecule has 0 radical (unpaired) electrons. The van der Waals surface area contributed by atoms with E-state index in [9.17, 15) is 14.1 Å². The first kappa shape index (κ1) is 21.1. The minimum Gasteiger partial charge on any atom is -0.504 e. The van der Waals surface area contributed by atoms with Gasteiger partial charge in [-0.3, -0.25) is 4.79 Å². The molecular weight excluding hydrogens is 360 g/mol.